The Kier molecular flexibility index (Phi) is 5.10. The van der Waals surface area contributed by atoms with Crippen molar-refractivity contribution in [3.8, 4) is 5.75 Å². The van der Waals surface area contributed by atoms with E-state index in [9.17, 15) is 9.18 Å². The maximum atomic E-state index is 13.4. The molecule has 0 radical (unpaired) electrons. The Hall–Kier alpha value is -2.41. The van der Waals surface area contributed by atoms with Crippen molar-refractivity contribution in [1.29, 1.82) is 0 Å². The minimum Gasteiger partial charge on any atom is -0.488 e. The van der Waals surface area contributed by atoms with Gasteiger partial charge in [-0.25, -0.2) is 4.39 Å². The quantitative estimate of drug-likeness (QED) is 0.874. The fourth-order valence-corrected chi connectivity index (χ4v) is 4.30. The van der Waals surface area contributed by atoms with Crippen molar-refractivity contribution < 1.29 is 18.7 Å². The number of carbonyl (C=O) groups is 1. The van der Waals surface area contributed by atoms with E-state index >= 15 is 0 Å². The third-order valence-electron chi connectivity index (χ3n) is 5.77. The van der Waals surface area contributed by atoms with Crippen LogP contribution in [0.4, 0.5) is 4.39 Å². The van der Waals surface area contributed by atoms with Crippen LogP contribution < -0.4 is 4.74 Å². The van der Waals surface area contributed by atoms with Crippen LogP contribution in [0.25, 0.3) is 0 Å². The molecule has 1 aromatic heterocycles. The average Bonchev–Trinajstić information content (AvgIpc) is 3.24. The normalized spacial score (nSPS) is 24.7. The number of aromatic amines is 1. The summed E-state index contributed by atoms with van der Waals surface area (Å²) in [7, 11) is 0. The zero-order chi connectivity index (χ0) is 19.7. The van der Waals surface area contributed by atoms with Gasteiger partial charge >= 0.3 is 0 Å². The Bertz CT molecular complexity index is 868. The van der Waals surface area contributed by atoms with Gasteiger partial charge in [0.2, 0.25) is 0 Å². The molecule has 1 aromatic carbocycles. The van der Waals surface area contributed by atoms with Gasteiger partial charge in [0, 0.05) is 30.3 Å². The van der Waals surface area contributed by atoms with E-state index in [1.807, 2.05) is 18.7 Å². The number of aromatic nitrogens is 2. The molecular weight excluding hydrogens is 361 g/mol. The van der Waals surface area contributed by atoms with Crippen LogP contribution in [-0.4, -0.2) is 52.4 Å². The number of hydrogen-bond acceptors (Lipinski definition) is 4. The molecule has 2 aliphatic heterocycles. The van der Waals surface area contributed by atoms with Gasteiger partial charge in [-0.15, -0.1) is 0 Å². The molecule has 7 heteroatoms. The second kappa shape index (κ2) is 7.54. The molecule has 150 valence electrons. The van der Waals surface area contributed by atoms with Crippen molar-refractivity contribution in [2.45, 2.75) is 51.2 Å². The second-order valence-electron chi connectivity index (χ2n) is 7.75. The fourth-order valence-electron chi connectivity index (χ4n) is 4.30. The minimum absolute atomic E-state index is 0.0503. The van der Waals surface area contributed by atoms with Crippen molar-refractivity contribution in [3.63, 3.8) is 0 Å². The molecule has 2 fully saturated rings. The number of piperidine rings is 1. The van der Waals surface area contributed by atoms with E-state index < -0.39 is 5.60 Å². The number of nitrogens with zero attached hydrogens (tertiary/aromatic N) is 2. The lowest BCUT2D eigenvalue weighted by Gasteiger charge is -2.39. The van der Waals surface area contributed by atoms with Gasteiger partial charge in [0.15, 0.2) is 5.69 Å². The van der Waals surface area contributed by atoms with Crippen LogP contribution in [0, 0.1) is 12.7 Å². The third kappa shape index (κ3) is 3.63. The van der Waals surface area contributed by atoms with Gasteiger partial charge in [0.25, 0.3) is 5.91 Å². The van der Waals surface area contributed by atoms with Crippen LogP contribution in [0.5, 0.6) is 5.75 Å². The Morgan fingerprint density at radius 1 is 1.50 bits per heavy atom. The Balaban J connectivity index is 1.43. The highest BCUT2D eigenvalue weighted by Crippen LogP contribution is 2.36. The number of aryl methyl sites for hydroxylation is 1. The molecule has 1 amide bonds. The second-order valence-corrected chi connectivity index (χ2v) is 7.75. The van der Waals surface area contributed by atoms with Crippen molar-refractivity contribution >= 4 is 5.91 Å². The molecule has 0 saturated carbocycles. The molecule has 2 aromatic rings. The summed E-state index contributed by atoms with van der Waals surface area (Å²) >= 11 is 0. The molecule has 0 unspecified atom stereocenters. The van der Waals surface area contributed by atoms with Gasteiger partial charge in [-0.05, 0) is 38.3 Å². The smallest absolute Gasteiger partial charge is 0.274 e. The third-order valence-corrected chi connectivity index (χ3v) is 5.77. The number of halogens is 1. The molecule has 4 rings (SSSR count). The highest BCUT2D eigenvalue weighted by atomic mass is 19.1. The fraction of sp³-hybridized carbons (Fsp3) is 0.524. The molecule has 1 N–H and O–H groups in total. The predicted molar refractivity (Wildman–Crippen MR) is 102 cm³/mol. The minimum atomic E-state index is -0.399. The summed E-state index contributed by atoms with van der Waals surface area (Å²) in [5.74, 6) is 0.139. The van der Waals surface area contributed by atoms with Gasteiger partial charge in [-0.1, -0.05) is 13.0 Å². The molecule has 1 spiro atoms. The zero-order valence-corrected chi connectivity index (χ0v) is 16.3. The van der Waals surface area contributed by atoms with E-state index in [0.717, 1.165) is 30.5 Å². The predicted octanol–water partition coefficient (Wildman–Crippen LogP) is 3.26. The van der Waals surface area contributed by atoms with Crippen LogP contribution in [0.1, 0.15) is 47.9 Å². The zero-order valence-electron chi connectivity index (χ0n) is 16.3. The van der Waals surface area contributed by atoms with Crippen LogP contribution in [-0.2, 0) is 11.2 Å². The lowest BCUT2D eigenvalue weighted by molar-refractivity contribution is -0.0454. The molecule has 2 aliphatic rings. The first-order valence-corrected chi connectivity index (χ1v) is 9.89. The molecule has 2 saturated heterocycles. The van der Waals surface area contributed by atoms with E-state index in [-0.39, 0.29) is 17.8 Å². The maximum absolute atomic E-state index is 13.4. The number of hydrogen-bond donors (Lipinski definition) is 1. The van der Waals surface area contributed by atoms with Crippen LogP contribution in [0.2, 0.25) is 0 Å². The Morgan fingerprint density at radius 3 is 3.11 bits per heavy atom. The van der Waals surface area contributed by atoms with Crippen molar-refractivity contribution in [1.82, 2.24) is 15.1 Å². The molecule has 28 heavy (non-hydrogen) atoms. The molecule has 3 heterocycles. The molecule has 6 nitrogen and oxygen atoms in total. The number of rotatable bonds is 4. The van der Waals surface area contributed by atoms with E-state index in [2.05, 4.69) is 10.2 Å². The number of carbonyl (C=O) groups excluding carboxylic acids is 1. The summed E-state index contributed by atoms with van der Waals surface area (Å²) in [6.07, 6.45) is 3.13. The van der Waals surface area contributed by atoms with Gasteiger partial charge in [0.1, 0.15) is 17.7 Å². The van der Waals surface area contributed by atoms with Gasteiger partial charge in [-0.2, -0.15) is 5.10 Å². The highest BCUT2D eigenvalue weighted by molar-refractivity contribution is 5.94. The van der Waals surface area contributed by atoms with E-state index in [1.165, 1.54) is 12.1 Å². The van der Waals surface area contributed by atoms with E-state index in [4.69, 9.17) is 9.47 Å². The summed E-state index contributed by atoms with van der Waals surface area (Å²) in [5.41, 5.74) is 2.02. The first kappa shape index (κ1) is 18.9. The van der Waals surface area contributed by atoms with Crippen molar-refractivity contribution in [2.24, 2.45) is 0 Å². The van der Waals surface area contributed by atoms with Gasteiger partial charge < -0.3 is 14.4 Å². The van der Waals surface area contributed by atoms with Crippen molar-refractivity contribution in [3.05, 3.63) is 47.0 Å². The summed E-state index contributed by atoms with van der Waals surface area (Å²) in [5, 5.41) is 7.20. The van der Waals surface area contributed by atoms with Crippen LogP contribution >= 0.6 is 0 Å². The van der Waals surface area contributed by atoms with Gasteiger partial charge in [-0.3, -0.25) is 9.89 Å². The lowest BCUT2D eigenvalue weighted by atomic mass is 9.89. The van der Waals surface area contributed by atoms with E-state index in [0.29, 0.717) is 37.6 Å². The number of likely N-dealkylation sites (tertiary alicyclic amines) is 1. The molecule has 0 aliphatic carbocycles. The first-order chi connectivity index (χ1) is 13.5. The number of ether oxygens (including phenoxy) is 2. The SMILES string of the molecule is CCc1[nH]nc(C(=O)N2CCC[C@@]3(C[C@@H](Oc4cccc(F)c4)CO3)C2)c1C. The molecule has 2 atom stereocenters. The van der Waals surface area contributed by atoms with Crippen LogP contribution in [0.15, 0.2) is 24.3 Å². The number of nitrogens with one attached hydrogen (secondary N) is 1. The maximum Gasteiger partial charge on any atom is 0.274 e. The summed E-state index contributed by atoms with van der Waals surface area (Å²) in [6.45, 7) is 5.65. The average molecular weight is 387 g/mol. The topological polar surface area (TPSA) is 67.5 Å². The summed E-state index contributed by atoms with van der Waals surface area (Å²) < 4.78 is 25.4. The Labute approximate surface area is 164 Å². The van der Waals surface area contributed by atoms with Crippen LogP contribution in [0.3, 0.4) is 0 Å². The first-order valence-electron chi connectivity index (χ1n) is 9.89. The standard InChI is InChI=1S/C21H26FN3O3/c1-3-18-14(2)19(24-23-18)20(26)25-9-5-8-21(13-25)11-17(12-27-21)28-16-7-4-6-15(22)10-16/h4,6-7,10,17H,3,5,8-9,11-13H2,1-2H3,(H,23,24)/t17-,21-/m1/s1. The highest BCUT2D eigenvalue weighted by Gasteiger charge is 2.45. The molecule has 0 bridgehead atoms. The van der Waals surface area contributed by atoms with Crippen molar-refractivity contribution in [2.75, 3.05) is 19.7 Å². The monoisotopic (exact) mass is 387 g/mol. The largest absolute Gasteiger partial charge is 0.488 e. The van der Waals surface area contributed by atoms with E-state index in [1.54, 1.807) is 12.1 Å². The number of amides is 1. The molecular formula is C21H26FN3O3. The lowest BCUT2D eigenvalue weighted by Crippen LogP contribution is -2.50. The Morgan fingerprint density at radius 2 is 2.36 bits per heavy atom. The number of H-pyrrole nitrogens is 1. The van der Waals surface area contributed by atoms with Gasteiger partial charge in [0.05, 0.1) is 18.8 Å². The summed E-state index contributed by atoms with van der Waals surface area (Å²) in [4.78, 5) is 14.9. The summed E-state index contributed by atoms with van der Waals surface area (Å²) in [6, 6.07) is 6.16. The number of benzene rings is 1.